The Balaban J connectivity index is 1.79. The Morgan fingerprint density at radius 1 is 1.16 bits per heavy atom. The summed E-state index contributed by atoms with van der Waals surface area (Å²) in [6, 6.07) is 14.6. The number of nitro benzene ring substituents is 1. The average molecular weight is 452 g/mol. The number of carbonyl (C=O) groups excluding carboxylic acids is 1. The average Bonchev–Trinajstić information content (AvgIpc) is 2.79. The third kappa shape index (κ3) is 5.67. The van der Waals surface area contributed by atoms with E-state index in [-0.39, 0.29) is 16.8 Å². The van der Waals surface area contributed by atoms with Crippen molar-refractivity contribution in [2.45, 2.75) is 25.4 Å². The standard InChI is InChI=1S/C22H21N5O4S/c1-3-18-14(2)23-22(24-21(18)29)32-13-19(15-7-5-4-6-8-15)25-26-20(28)16-9-11-17(12-10-16)27(30)31/h4-12H,3,13H2,1-2H3,(H,26,28)(H,23,24,29)/b25-19+. The molecule has 164 valence electrons. The number of rotatable bonds is 8. The molecule has 0 saturated carbocycles. The molecule has 2 aromatic carbocycles. The predicted molar refractivity (Wildman–Crippen MR) is 123 cm³/mol. The second-order valence-electron chi connectivity index (χ2n) is 6.75. The lowest BCUT2D eigenvalue weighted by Gasteiger charge is -2.09. The van der Waals surface area contributed by atoms with Gasteiger partial charge in [0.1, 0.15) is 0 Å². The van der Waals surface area contributed by atoms with Crippen molar-refractivity contribution < 1.29 is 9.72 Å². The summed E-state index contributed by atoms with van der Waals surface area (Å²) in [7, 11) is 0. The van der Waals surface area contributed by atoms with Gasteiger partial charge in [0.15, 0.2) is 5.16 Å². The molecule has 1 aromatic heterocycles. The Kier molecular flexibility index (Phi) is 7.50. The molecular formula is C22H21N5O4S. The maximum atomic E-state index is 12.4. The van der Waals surface area contributed by atoms with Crippen LogP contribution in [0.5, 0.6) is 0 Å². The molecule has 0 radical (unpaired) electrons. The molecule has 9 nitrogen and oxygen atoms in total. The Morgan fingerprint density at radius 3 is 2.44 bits per heavy atom. The van der Waals surface area contributed by atoms with Gasteiger partial charge >= 0.3 is 0 Å². The number of carbonyl (C=O) groups is 1. The fourth-order valence-corrected chi connectivity index (χ4v) is 3.81. The van der Waals surface area contributed by atoms with E-state index in [2.05, 4.69) is 20.5 Å². The minimum atomic E-state index is -0.530. The van der Waals surface area contributed by atoms with Crippen LogP contribution in [0.2, 0.25) is 0 Å². The highest BCUT2D eigenvalue weighted by Gasteiger charge is 2.12. The first-order valence-corrected chi connectivity index (χ1v) is 10.8. The number of benzene rings is 2. The van der Waals surface area contributed by atoms with Crippen LogP contribution in [0, 0.1) is 17.0 Å². The molecule has 1 amide bonds. The number of nitro groups is 1. The van der Waals surface area contributed by atoms with Crippen molar-refractivity contribution in [2.75, 3.05) is 5.75 Å². The third-order valence-electron chi connectivity index (χ3n) is 4.64. The summed E-state index contributed by atoms with van der Waals surface area (Å²) >= 11 is 1.30. The number of thioether (sulfide) groups is 1. The van der Waals surface area contributed by atoms with Gasteiger partial charge in [0, 0.05) is 34.7 Å². The Hall–Kier alpha value is -3.79. The highest BCUT2D eigenvalue weighted by molar-refractivity contribution is 7.99. The van der Waals surface area contributed by atoms with E-state index >= 15 is 0 Å². The van der Waals surface area contributed by atoms with Crippen LogP contribution < -0.4 is 11.0 Å². The number of H-pyrrole nitrogens is 1. The Morgan fingerprint density at radius 2 is 1.84 bits per heavy atom. The summed E-state index contributed by atoms with van der Waals surface area (Å²) in [5.74, 6) is -0.147. The molecule has 0 saturated heterocycles. The van der Waals surface area contributed by atoms with Crippen LogP contribution >= 0.6 is 11.8 Å². The van der Waals surface area contributed by atoms with Crippen molar-refractivity contribution in [3.63, 3.8) is 0 Å². The number of aryl methyl sites for hydroxylation is 1. The van der Waals surface area contributed by atoms with Crippen molar-refractivity contribution in [2.24, 2.45) is 5.10 Å². The minimum absolute atomic E-state index is 0.0997. The van der Waals surface area contributed by atoms with E-state index in [0.29, 0.717) is 34.3 Å². The highest BCUT2D eigenvalue weighted by Crippen LogP contribution is 2.16. The molecule has 0 bridgehead atoms. The maximum Gasteiger partial charge on any atom is 0.271 e. The summed E-state index contributed by atoms with van der Waals surface area (Å²) in [5, 5.41) is 15.5. The first-order valence-electron chi connectivity index (χ1n) is 9.78. The topological polar surface area (TPSA) is 130 Å². The SMILES string of the molecule is CCc1c(C)nc(SC/C(=N\NC(=O)c2ccc([N+](=O)[O-])cc2)c2ccccc2)[nH]c1=O. The van der Waals surface area contributed by atoms with Gasteiger partial charge in [-0.3, -0.25) is 19.7 Å². The molecule has 0 aliphatic carbocycles. The minimum Gasteiger partial charge on any atom is -0.301 e. The van der Waals surface area contributed by atoms with Crippen molar-refractivity contribution in [1.82, 2.24) is 15.4 Å². The van der Waals surface area contributed by atoms with E-state index in [1.165, 1.54) is 36.0 Å². The van der Waals surface area contributed by atoms with Gasteiger partial charge in [0.25, 0.3) is 17.2 Å². The summed E-state index contributed by atoms with van der Waals surface area (Å²) in [4.78, 5) is 42.1. The number of aromatic nitrogens is 2. The Bertz CT molecular complexity index is 1210. The van der Waals surface area contributed by atoms with E-state index in [4.69, 9.17) is 0 Å². The molecular weight excluding hydrogens is 430 g/mol. The molecule has 3 rings (SSSR count). The molecule has 0 aliphatic rings. The number of aromatic amines is 1. The van der Waals surface area contributed by atoms with Crippen molar-refractivity contribution >= 4 is 29.1 Å². The first kappa shape index (κ1) is 22.9. The maximum absolute atomic E-state index is 12.4. The van der Waals surface area contributed by atoms with Crippen molar-refractivity contribution in [1.29, 1.82) is 0 Å². The number of hydrogen-bond acceptors (Lipinski definition) is 7. The zero-order valence-corrected chi connectivity index (χ0v) is 18.3. The van der Waals surface area contributed by atoms with Crippen molar-refractivity contribution in [3.8, 4) is 0 Å². The second kappa shape index (κ2) is 10.5. The molecule has 0 unspecified atom stereocenters. The van der Waals surface area contributed by atoms with Gasteiger partial charge < -0.3 is 4.98 Å². The summed E-state index contributed by atoms with van der Waals surface area (Å²) < 4.78 is 0. The molecule has 0 fully saturated rings. The fraction of sp³-hybridized carbons (Fsp3) is 0.182. The van der Waals surface area contributed by atoms with Crippen LogP contribution in [0.25, 0.3) is 0 Å². The van der Waals surface area contributed by atoms with E-state index < -0.39 is 10.8 Å². The van der Waals surface area contributed by atoms with Gasteiger partial charge in [-0.1, -0.05) is 49.0 Å². The van der Waals surface area contributed by atoms with Gasteiger partial charge in [-0.15, -0.1) is 0 Å². The zero-order valence-electron chi connectivity index (χ0n) is 17.5. The van der Waals surface area contributed by atoms with Crippen LogP contribution in [-0.4, -0.2) is 32.3 Å². The molecule has 0 aliphatic heterocycles. The number of hydrogen-bond donors (Lipinski definition) is 2. The molecule has 1 heterocycles. The normalized spacial score (nSPS) is 11.2. The summed E-state index contributed by atoms with van der Waals surface area (Å²) in [5.41, 5.74) is 5.20. The van der Waals surface area contributed by atoms with Gasteiger partial charge in [-0.25, -0.2) is 10.4 Å². The summed E-state index contributed by atoms with van der Waals surface area (Å²) in [6.45, 7) is 3.70. The van der Waals surface area contributed by atoms with E-state index in [0.717, 1.165) is 5.56 Å². The van der Waals surface area contributed by atoms with E-state index in [1.807, 2.05) is 37.3 Å². The lowest BCUT2D eigenvalue weighted by atomic mass is 10.1. The quantitative estimate of drug-likeness (QED) is 0.177. The van der Waals surface area contributed by atoms with Crippen LogP contribution in [0.15, 0.2) is 69.6 Å². The van der Waals surface area contributed by atoms with Gasteiger partial charge in [0.2, 0.25) is 0 Å². The van der Waals surface area contributed by atoms with Crippen LogP contribution in [-0.2, 0) is 6.42 Å². The number of hydrazone groups is 1. The van der Waals surface area contributed by atoms with Crippen molar-refractivity contribution in [3.05, 3.63) is 97.4 Å². The predicted octanol–water partition coefficient (Wildman–Crippen LogP) is 3.48. The monoisotopic (exact) mass is 451 g/mol. The van der Waals surface area contributed by atoms with Crippen LogP contribution in [0.1, 0.15) is 34.1 Å². The number of non-ortho nitro benzene ring substituents is 1. The largest absolute Gasteiger partial charge is 0.301 e. The molecule has 0 spiro atoms. The zero-order chi connectivity index (χ0) is 23.1. The molecule has 3 aromatic rings. The molecule has 32 heavy (non-hydrogen) atoms. The number of nitrogens with one attached hydrogen (secondary N) is 2. The number of amides is 1. The number of nitrogens with zero attached hydrogens (tertiary/aromatic N) is 3. The van der Waals surface area contributed by atoms with Crippen LogP contribution in [0.3, 0.4) is 0 Å². The second-order valence-corrected chi connectivity index (χ2v) is 7.71. The highest BCUT2D eigenvalue weighted by atomic mass is 32.2. The molecule has 2 N–H and O–H groups in total. The van der Waals surface area contributed by atoms with Gasteiger partial charge in [0.05, 0.1) is 10.6 Å². The third-order valence-corrected chi connectivity index (χ3v) is 5.52. The van der Waals surface area contributed by atoms with Gasteiger partial charge in [-0.05, 0) is 31.0 Å². The lowest BCUT2D eigenvalue weighted by molar-refractivity contribution is -0.384. The fourth-order valence-electron chi connectivity index (χ4n) is 2.93. The first-order chi connectivity index (χ1) is 15.4. The Labute approximate surface area is 188 Å². The van der Waals surface area contributed by atoms with E-state index in [9.17, 15) is 19.7 Å². The molecule has 10 heteroatoms. The smallest absolute Gasteiger partial charge is 0.271 e. The van der Waals surface area contributed by atoms with Gasteiger partial charge in [-0.2, -0.15) is 5.10 Å². The van der Waals surface area contributed by atoms with E-state index in [1.54, 1.807) is 6.92 Å². The summed E-state index contributed by atoms with van der Waals surface area (Å²) in [6.07, 6.45) is 0.602. The lowest BCUT2D eigenvalue weighted by Crippen LogP contribution is -2.21. The van der Waals surface area contributed by atoms with Crippen LogP contribution in [0.4, 0.5) is 5.69 Å². The molecule has 0 atom stereocenters.